The highest BCUT2D eigenvalue weighted by Gasteiger charge is 2.12. The first-order chi connectivity index (χ1) is 7.34. The van der Waals surface area contributed by atoms with E-state index in [1.54, 1.807) is 11.3 Å². The Morgan fingerprint density at radius 1 is 1.53 bits per heavy atom. The van der Waals surface area contributed by atoms with E-state index in [0.29, 0.717) is 6.61 Å². The first kappa shape index (κ1) is 11.0. The Morgan fingerprint density at radius 2 is 2.33 bits per heavy atom. The molecule has 0 aromatic carbocycles. The van der Waals surface area contributed by atoms with Crippen LogP contribution in [0.15, 0.2) is 5.38 Å². The van der Waals surface area contributed by atoms with E-state index in [2.05, 4.69) is 15.7 Å². The molecule has 0 radical (unpaired) electrons. The number of ether oxygens (including phenoxy) is 1. The first-order valence-electron chi connectivity index (χ1n) is 5.54. The second-order valence-electron chi connectivity index (χ2n) is 4.07. The van der Waals surface area contributed by atoms with Gasteiger partial charge in [-0.05, 0) is 38.8 Å². The van der Waals surface area contributed by atoms with Crippen molar-refractivity contribution in [2.75, 3.05) is 19.7 Å². The number of hydrogen-bond acceptors (Lipinski definition) is 4. The zero-order valence-electron chi connectivity index (χ0n) is 9.16. The maximum absolute atomic E-state index is 5.69. The van der Waals surface area contributed by atoms with E-state index >= 15 is 0 Å². The summed E-state index contributed by atoms with van der Waals surface area (Å²) in [6.45, 7) is 5.88. The van der Waals surface area contributed by atoms with Crippen LogP contribution >= 0.6 is 11.3 Å². The van der Waals surface area contributed by atoms with Crippen LogP contribution < -0.4 is 5.32 Å². The number of aryl methyl sites for hydroxylation is 1. The van der Waals surface area contributed by atoms with Gasteiger partial charge in [-0.1, -0.05) is 0 Å². The normalized spacial score (nSPS) is 18.2. The Morgan fingerprint density at radius 3 is 3.00 bits per heavy atom. The number of aromatic nitrogens is 1. The third-order valence-corrected chi connectivity index (χ3v) is 3.55. The van der Waals surface area contributed by atoms with Gasteiger partial charge in [-0.25, -0.2) is 4.98 Å². The van der Waals surface area contributed by atoms with Gasteiger partial charge >= 0.3 is 0 Å². The number of hydrogen-bond donors (Lipinski definition) is 1. The zero-order chi connectivity index (χ0) is 10.5. The van der Waals surface area contributed by atoms with Crippen molar-refractivity contribution >= 4 is 11.3 Å². The number of rotatable bonds is 4. The fourth-order valence-electron chi connectivity index (χ4n) is 1.85. The largest absolute Gasteiger partial charge is 0.375 e. The lowest BCUT2D eigenvalue weighted by molar-refractivity contribution is 0.0746. The van der Waals surface area contributed by atoms with Crippen molar-refractivity contribution in [3.05, 3.63) is 16.1 Å². The van der Waals surface area contributed by atoms with Gasteiger partial charge in [0.15, 0.2) is 0 Å². The van der Waals surface area contributed by atoms with E-state index in [4.69, 9.17) is 4.74 Å². The Kier molecular flexibility index (Phi) is 4.11. The molecule has 1 aromatic rings. The molecule has 0 spiro atoms. The summed E-state index contributed by atoms with van der Waals surface area (Å²) in [5.74, 6) is 0.742. The van der Waals surface area contributed by atoms with Crippen LogP contribution in [-0.4, -0.2) is 24.7 Å². The molecular formula is C11H18N2OS. The average Bonchev–Trinajstić information content (AvgIpc) is 2.66. The minimum Gasteiger partial charge on any atom is -0.375 e. The van der Waals surface area contributed by atoms with Crippen molar-refractivity contribution < 1.29 is 4.74 Å². The van der Waals surface area contributed by atoms with Crippen LogP contribution in [0.4, 0.5) is 0 Å². The molecule has 1 aliphatic heterocycles. The van der Waals surface area contributed by atoms with Crippen LogP contribution in [0.5, 0.6) is 0 Å². The summed E-state index contributed by atoms with van der Waals surface area (Å²) in [6, 6.07) is 0. The topological polar surface area (TPSA) is 34.1 Å². The van der Waals surface area contributed by atoms with E-state index in [1.165, 1.54) is 12.8 Å². The molecule has 0 aliphatic carbocycles. The molecule has 1 aromatic heterocycles. The number of nitrogens with zero attached hydrogens (tertiary/aromatic N) is 1. The van der Waals surface area contributed by atoms with Crippen molar-refractivity contribution in [2.24, 2.45) is 5.92 Å². The fraction of sp³-hybridized carbons (Fsp3) is 0.727. The molecule has 0 atom stereocenters. The van der Waals surface area contributed by atoms with Gasteiger partial charge in [0, 0.05) is 5.38 Å². The van der Waals surface area contributed by atoms with Crippen LogP contribution in [0.25, 0.3) is 0 Å². The molecule has 0 unspecified atom stereocenters. The molecule has 1 fully saturated rings. The monoisotopic (exact) mass is 226 g/mol. The van der Waals surface area contributed by atoms with Crippen molar-refractivity contribution in [1.29, 1.82) is 0 Å². The Hall–Kier alpha value is -0.450. The smallest absolute Gasteiger partial charge is 0.0898 e. The summed E-state index contributed by atoms with van der Waals surface area (Å²) in [5, 5.41) is 6.56. The second kappa shape index (κ2) is 5.58. The molecule has 1 aliphatic rings. The molecular weight excluding hydrogens is 208 g/mol. The molecule has 4 heteroatoms. The predicted molar refractivity (Wildman–Crippen MR) is 62.1 cm³/mol. The Balaban J connectivity index is 1.65. The van der Waals surface area contributed by atoms with Gasteiger partial charge in [-0.3, -0.25) is 0 Å². The van der Waals surface area contributed by atoms with Crippen molar-refractivity contribution in [1.82, 2.24) is 10.3 Å². The van der Waals surface area contributed by atoms with Gasteiger partial charge in [0.1, 0.15) is 0 Å². The highest BCUT2D eigenvalue weighted by Crippen LogP contribution is 2.14. The summed E-state index contributed by atoms with van der Waals surface area (Å²) in [5.41, 5.74) is 1.08. The average molecular weight is 226 g/mol. The Labute approximate surface area is 94.9 Å². The lowest BCUT2D eigenvalue weighted by atomic mass is 9.99. The van der Waals surface area contributed by atoms with Crippen molar-refractivity contribution in [2.45, 2.75) is 26.4 Å². The molecule has 2 rings (SSSR count). The lowest BCUT2D eigenvalue weighted by Crippen LogP contribution is -2.29. The van der Waals surface area contributed by atoms with Gasteiger partial charge in [0.05, 0.1) is 23.9 Å². The summed E-state index contributed by atoms with van der Waals surface area (Å²) in [6.07, 6.45) is 2.49. The van der Waals surface area contributed by atoms with Gasteiger partial charge < -0.3 is 10.1 Å². The molecule has 15 heavy (non-hydrogen) atoms. The van der Waals surface area contributed by atoms with Crippen LogP contribution in [-0.2, 0) is 11.3 Å². The van der Waals surface area contributed by atoms with E-state index < -0.39 is 0 Å². The number of nitrogens with one attached hydrogen (secondary N) is 1. The zero-order valence-corrected chi connectivity index (χ0v) is 9.98. The van der Waals surface area contributed by atoms with Crippen LogP contribution in [0, 0.1) is 12.8 Å². The molecule has 1 saturated heterocycles. The third kappa shape index (κ3) is 3.55. The van der Waals surface area contributed by atoms with Crippen molar-refractivity contribution in [3.8, 4) is 0 Å². The first-order valence-corrected chi connectivity index (χ1v) is 6.42. The van der Waals surface area contributed by atoms with E-state index in [-0.39, 0.29) is 0 Å². The van der Waals surface area contributed by atoms with Crippen LogP contribution in [0.1, 0.15) is 23.5 Å². The van der Waals surface area contributed by atoms with E-state index in [9.17, 15) is 0 Å². The van der Waals surface area contributed by atoms with Gasteiger partial charge in [0.2, 0.25) is 0 Å². The third-order valence-electron chi connectivity index (χ3n) is 2.73. The molecule has 1 N–H and O–H groups in total. The summed E-state index contributed by atoms with van der Waals surface area (Å²) in [4.78, 5) is 4.37. The minimum absolute atomic E-state index is 0.675. The van der Waals surface area contributed by atoms with Gasteiger partial charge in [-0.15, -0.1) is 11.3 Å². The van der Waals surface area contributed by atoms with E-state index in [1.807, 2.05) is 6.92 Å². The Bertz CT molecular complexity index is 295. The number of piperidine rings is 1. The maximum atomic E-state index is 5.69. The molecule has 3 nitrogen and oxygen atoms in total. The molecule has 0 bridgehead atoms. The summed E-state index contributed by atoms with van der Waals surface area (Å²) < 4.78 is 5.69. The molecule has 2 heterocycles. The summed E-state index contributed by atoms with van der Waals surface area (Å²) in [7, 11) is 0. The van der Waals surface area contributed by atoms with Gasteiger partial charge in [0.25, 0.3) is 0 Å². The fourth-order valence-corrected chi connectivity index (χ4v) is 2.45. The van der Waals surface area contributed by atoms with E-state index in [0.717, 1.165) is 36.3 Å². The lowest BCUT2D eigenvalue weighted by Gasteiger charge is -2.22. The van der Waals surface area contributed by atoms with Gasteiger partial charge in [-0.2, -0.15) is 0 Å². The molecule has 84 valence electrons. The quantitative estimate of drug-likeness (QED) is 0.852. The minimum atomic E-state index is 0.675. The van der Waals surface area contributed by atoms with Crippen LogP contribution in [0.2, 0.25) is 0 Å². The second-order valence-corrected chi connectivity index (χ2v) is 5.13. The maximum Gasteiger partial charge on any atom is 0.0898 e. The number of thiazole rings is 1. The highest BCUT2D eigenvalue weighted by molar-refractivity contribution is 7.09. The molecule has 0 saturated carbocycles. The highest BCUT2D eigenvalue weighted by atomic mass is 32.1. The predicted octanol–water partition coefficient (Wildman–Crippen LogP) is 1.97. The molecule has 0 amide bonds. The van der Waals surface area contributed by atoms with Crippen LogP contribution in [0.3, 0.4) is 0 Å². The van der Waals surface area contributed by atoms with Crippen molar-refractivity contribution in [3.63, 3.8) is 0 Å². The SMILES string of the molecule is Cc1nc(COCC2CCNCC2)cs1. The summed E-state index contributed by atoms with van der Waals surface area (Å²) >= 11 is 1.69. The standard InChI is InChI=1S/C11H18N2OS/c1-9-13-11(8-15-9)7-14-6-10-2-4-12-5-3-10/h8,10,12H,2-7H2,1H3.